The summed E-state index contributed by atoms with van der Waals surface area (Å²) in [6.07, 6.45) is 7.10. The molecule has 5 aliphatic rings. The third-order valence-electron chi connectivity index (χ3n) is 11.4. The van der Waals surface area contributed by atoms with Crippen molar-refractivity contribution in [1.82, 2.24) is 24.7 Å². The molecule has 0 unspecified atom stereocenters. The van der Waals surface area contributed by atoms with Crippen molar-refractivity contribution in [2.45, 2.75) is 78.4 Å². The first-order chi connectivity index (χ1) is 20.7. The zero-order chi connectivity index (χ0) is 29.9. The van der Waals surface area contributed by atoms with Gasteiger partial charge in [-0.15, -0.1) is 0 Å². The van der Waals surface area contributed by atoms with E-state index in [0.717, 1.165) is 48.7 Å². The fourth-order valence-electron chi connectivity index (χ4n) is 8.48. The number of fused-ring (bicyclic) bond motifs is 4. The lowest BCUT2D eigenvalue weighted by molar-refractivity contribution is -0.112. The van der Waals surface area contributed by atoms with Crippen molar-refractivity contribution in [2.24, 2.45) is 28.2 Å². The molecule has 8 rings (SSSR count). The van der Waals surface area contributed by atoms with Crippen LogP contribution in [0.5, 0.6) is 0 Å². The lowest BCUT2D eigenvalue weighted by Crippen LogP contribution is -2.63. The van der Waals surface area contributed by atoms with E-state index in [1.165, 1.54) is 38.3 Å². The van der Waals surface area contributed by atoms with E-state index in [1.807, 2.05) is 31.2 Å². The monoisotopic (exact) mass is 584 g/mol. The number of aliphatic imine (C=N–C) groups is 1. The Balaban J connectivity index is 1.14. The van der Waals surface area contributed by atoms with E-state index in [-0.39, 0.29) is 11.4 Å². The second-order valence-electron chi connectivity index (χ2n) is 14.2. The van der Waals surface area contributed by atoms with Gasteiger partial charge in [0, 0.05) is 38.3 Å². The fraction of sp³-hybridized carbons (Fsp3) is 0.571. The maximum atomic E-state index is 14.4. The molecule has 0 spiro atoms. The number of guanidine groups is 1. The molecule has 3 heterocycles. The lowest BCUT2D eigenvalue weighted by Gasteiger charge is -2.62. The molecule has 8 heteroatoms. The molecule has 2 bridgehead atoms. The van der Waals surface area contributed by atoms with E-state index in [0.29, 0.717) is 52.8 Å². The second kappa shape index (κ2) is 11.0. The standard InChI is InChI=1S/C35H45FN6O/c1-22-7-8-24(30(36)16-22)11-13-42-21-37-32-19-26(9-10-28(32)33(42)43)38-34(41-15-14-40-12-5-6-27(40)20-41)39-31-18-25-17-29(23(31)2)35(25,3)4/h7-10,16,19,21,23,25,27,29,31H,5-6,11-15,17-18,20H2,1-4H3,(H,38,39)/t23-,25-,27-,29-,31+/m1/s1. The molecule has 3 aliphatic carbocycles. The number of aryl methyl sites for hydroxylation is 3. The summed E-state index contributed by atoms with van der Waals surface area (Å²) >= 11 is 0. The number of hydrogen-bond donors (Lipinski definition) is 1. The minimum Gasteiger partial charge on any atom is -0.353 e. The van der Waals surface area contributed by atoms with Crippen LogP contribution in [0, 0.1) is 35.9 Å². The largest absolute Gasteiger partial charge is 0.353 e. The van der Waals surface area contributed by atoms with E-state index in [1.54, 1.807) is 17.0 Å². The Morgan fingerprint density at radius 1 is 1.14 bits per heavy atom. The highest BCUT2D eigenvalue weighted by atomic mass is 19.1. The number of aromatic nitrogens is 2. The summed E-state index contributed by atoms with van der Waals surface area (Å²) in [4.78, 5) is 28.3. The van der Waals surface area contributed by atoms with Gasteiger partial charge in [0.25, 0.3) is 5.56 Å². The van der Waals surface area contributed by atoms with E-state index in [2.05, 4.69) is 40.9 Å². The molecule has 3 saturated carbocycles. The van der Waals surface area contributed by atoms with Crippen molar-refractivity contribution in [3.05, 3.63) is 70.0 Å². The van der Waals surface area contributed by atoms with Crippen LogP contribution in [-0.2, 0) is 13.0 Å². The van der Waals surface area contributed by atoms with Gasteiger partial charge in [0.15, 0.2) is 5.96 Å². The third kappa shape index (κ3) is 5.26. The third-order valence-corrected chi connectivity index (χ3v) is 11.4. The molecule has 2 aromatic carbocycles. The summed E-state index contributed by atoms with van der Waals surface area (Å²) in [6, 6.07) is 12.0. The first-order valence-electron chi connectivity index (χ1n) is 16.3. The smallest absolute Gasteiger partial charge is 0.261 e. The summed E-state index contributed by atoms with van der Waals surface area (Å²) in [5.41, 5.74) is 3.27. The molecule has 228 valence electrons. The summed E-state index contributed by atoms with van der Waals surface area (Å²) in [6.45, 7) is 13.8. The molecular formula is C35H45FN6O. The highest BCUT2D eigenvalue weighted by Crippen LogP contribution is 2.61. The number of rotatable bonds is 5. The number of hydrogen-bond acceptors (Lipinski definition) is 4. The molecule has 2 saturated heterocycles. The number of benzene rings is 2. The minimum atomic E-state index is -0.230. The van der Waals surface area contributed by atoms with Gasteiger partial charge in [-0.1, -0.05) is 32.9 Å². The number of halogens is 1. The molecule has 5 fully saturated rings. The second-order valence-corrected chi connectivity index (χ2v) is 14.2. The van der Waals surface area contributed by atoms with Crippen molar-refractivity contribution < 1.29 is 4.39 Å². The Labute approximate surface area is 254 Å². The van der Waals surface area contributed by atoms with Gasteiger partial charge in [0.05, 0.1) is 22.9 Å². The Hall–Kier alpha value is -3.26. The summed E-state index contributed by atoms with van der Waals surface area (Å²) in [5.74, 6) is 2.87. The average molecular weight is 585 g/mol. The molecule has 1 aromatic heterocycles. The minimum absolute atomic E-state index is 0.110. The van der Waals surface area contributed by atoms with E-state index >= 15 is 0 Å². The Kier molecular flexibility index (Phi) is 7.31. The molecular weight excluding hydrogens is 539 g/mol. The predicted molar refractivity (Wildman–Crippen MR) is 170 cm³/mol. The van der Waals surface area contributed by atoms with Crippen LogP contribution in [0.15, 0.2) is 52.5 Å². The molecule has 2 aliphatic heterocycles. The van der Waals surface area contributed by atoms with Crippen LogP contribution in [0.2, 0.25) is 0 Å². The molecule has 43 heavy (non-hydrogen) atoms. The first-order valence-corrected chi connectivity index (χ1v) is 16.3. The molecule has 7 nitrogen and oxygen atoms in total. The van der Waals surface area contributed by atoms with Gasteiger partial charge in [-0.05, 0) is 104 Å². The Morgan fingerprint density at radius 3 is 2.79 bits per heavy atom. The molecule has 0 amide bonds. The van der Waals surface area contributed by atoms with Crippen LogP contribution in [-0.4, -0.2) is 63.6 Å². The first kappa shape index (κ1) is 28.5. The Morgan fingerprint density at radius 2 is 2.00 bits per heavy atom. The maximum absolute atomic E-state index is 14.4. The van der Waals surface area contributed by atoms with Crippen molar-refractivity contribution in [2.75, 3.05) is 26.2 Å². The predicted octanol–water partition coefficient (Wildman–Crippen LogP) is 5.51. The van der Waals surface area contributed by atoms with Crippen LogP contribution in [0.25, 0.3) is 10.9 Å². The molecule has 5 atom stereocenters. The van der Waals surface area contributed by atoms with E-state index < -0.39 is 0 Å². The summed E-state index contributed by atoms with van der Waals surface area (Å²) in [7, 11) is 0. The van der Waals surface area contributed by atoms with Crippen molar-refractivity contribution in [3.8, 4) is 0 Å². The van der Waals surface area contributed by atoms with Crippen molar-refractivity contribution in [1.29, 1.82) is 0 Å². The highest BCUT2D eigenvalue weighted by Gasteiger charge is 2.56. The van der Waals surface area contributed by atoms with Gasteiger partial charge in [0.2, 0.25) is 0 Å². The van der Waals surface area contributed by atoms with Gasteiger partial charge in [-0.3, -0.25) is 14.3 Å². The molecule has 0 radical (unpaired) electrons. The van der Waals surface area contributed by atoms with Gasteiger partial charge < -0.3 is 10.2 Å². The average Bonchev–Trinajstić information content (AvgIpc) is 3.46. The van der Waals surface area contributed by atoms with Gasteiger partial charge in [-0.25, -0.2) is 14.4 Å². The van der Waals surface area contributed by atoms with E-state index in [4.69, 9.17) is 4.99 Å². The zero-order valence-electron chi connectivity index (χ0n) is 26.0. The lowest BCUT2D eigenvalue weighted by atomic mass is 9.45. The fourth-order valence-corrected chi connectivity index (χ4v) is 8.48. The van der Waals surface area contributed by atoms with Crippen molar-refractivity contribution in [3.63, 3.8) is 0 Å². The highest BCUT2D eigenvalue weighted by molar-refractivity contribution is 5.86. The maximum Gasteiger partial charge on any atom is 0.261 e. The number of nitrogens with one attached hydrogen (secondary N) is 1. The van der Waals surface area contributed by atoms with Crippen molar-refractivity contribution >= 4 is 22.5 Å². The zero-order valence-corrected chi connectivity index (χ0v) is 26.0. The van der Waals surface area contributed by atoms with Gasteiger partial charge in [0.1, 0.15) is 5.82 Å². The van der Waals surface area contributed by atoms with Gasteiger partial charge >= 0.3 is 0 Å². The SMILES string of the molecule is Cc1ccc(CCn2cnc3cc(N=C(N[C@H]4C[C@H]5C[C@H]([C@H]4C)C5(C)C)N4CCN5CCC[C@@H]5C4)ccc3c2=O)c(F)c1. The molecule has 3 aromatic rings. The quantitative estimate of drug-likeness (QED) is 0.316. The van der Waals surface area contributed by atoms with Crippen LogP contribution in [0.3, 0.4) is 0 Å². The normalized spacial score (nSPS) is 28.5. The van der Waals surface area contributed by atoms with Gasteiger partial charge in [-0.2, -0.15) is 0 Å². The summed E-state index contributed by atoms with van der Waals surface area (Å²) in [5, 5.41) is 4.51. The van der Waals surface area contributed by atoms with E-state index in [9.17, 15) is 9.18 Å². The Bertz CT molecular complexity index is 1610. The summed E-state index contributed by atoms with van der Waals surface area (Å²) < 4.78 is 15.9. The van der Waals surface area contributed by atoms with Crippen LogP contribution in [0.4, 0.5) is 10.1 Å². The van der Waals surface area contributed by atoms with Crippen LogP contribution >= 0.6 is 0 Å². The number of piperazine rings is 1. The van der Waals surface area contributed by atoms with Crippen LogP contribution in [0.1, 0.15) is 57.6 Å². The molecule has 1 N–H and O–H groups in total. The topological polar surface area (TPSA) is 65.8 Å². The number of nitrogens with zero attached hydrogens (tertiary/aromatic N) is 5. The van der Waals surface area contributed by atoms with Crippen LogP contribution < -0.4 is 10.9 Å².